The Morgan fingerprint density at radius 1 is 1.07 bits per heavy atom. The quantitative estimate of drug-likeness (QED) is 0.585. The summed E-state index contributed by atoms with van der Waals surface area (Å²) in [5.41, 5.74) is 3.53. The smallest absolute Gasteiger partial charge is 0.253 e. The van der Waals surface area contributed by atoms with Crippen LogP contribution in [0.3, 0.4) is 0 Å². The summed E-state index contributed by atoms with van der Waals surface area (Å²) in [7, 11) is 0. The summed E-state index contributed by atoms with van der Waals surface area (Å²) in [5, 5.41) is 9.44. The van der Waals surface area contributed by atoms with Crippen molar-refractivity contribution < 1.29 is 9.32 Å². The van der Waals surface area contributed by atoms with Crippen LogP contribution in [0.1, 0.15) is 33.1 Å². The van der Waals surface area contributed by atoms with Crippen LogP contribution < -0.4 is 5.32 Å². The van der Waals surface area contributed by atoms with E-state index in [-0.39, 0.29) is 5.91 Å². The Morgan fingerprint density at radius 3 is 2.63 bits per heavy atom. The van der Waals surface area contributed by atoms with Gasteiger partial charge in [0.2, 0.25) is 0 Å². The predicted molar refractivity (Wildman–Crippen MR) is 105 cm³/mol. The van der Waals surface area contributed by atoms with Crippen molar-refractivity contribution in [2.45, 2.75) is 27.3 Å². The van der Waals surface area contributed by atoms with E-state index >= 15 is 0 Å². The van der Waals surface area contributed by atoms with Crippen LogP contribution in [0.5, 0.6) is 0 Å². The van der Waals surface area contributed by atoms with Crippen LogP contribution in [0.25, 0.3) is 16.6 Å². The lowest BCUT2D eigenvalue weighted by atomic mass is 10.0. The van der Waals surface area contributed by atoms with Crippen LogP contribution in [-0.2, 0) is 6.54 Å². The van der Waals surface area contributed by atoms with Gasteiger partial charge in [0.1, 0.15) is 5.76 Å². The summed E-state index contributed by atoms with van der Waals surface area (Å²) < 4.78 is 7.11. The van der Waals surface area contributed by atoms with Gasteiger partial charge >= 0.3 is 0 Å². The Labute approximate surface area is 157 Å². The van der Waals surface area contributed by atoms with E-state index in [9.17, 15) is 4.79 Å². The first-order valence-corrected chi connectivity index (χ1v) is 8.92. The van der Waals surface area contributed by atoms with Crippen molar-refractivity contribution in [3.63, 3.8) is 0 Å². The van der Waals surface area contributed by atoms with Gasteiger partial charge in [0.25, 0.3) is 5.91 Å². The molecule has 136 valence electrons. The fourth-order valence-electron chi connectivity index (χ4n) is 3.52. The first-order valence-electron chi connectivity index (χ1n) is 8.92. The molecule has 0 radical (unpaired) electrons. The molecule has 0 unspecified atom stereocenters. The number of hydrogen-bond donors (Lipinski definition) is 1. The molecule has 4 rings (SSSR count). The topological polar surface area (TPSA) is 60.1 Å². The monoisotopic (exact) mass is 359 g/mol. The van der Waals surface area contributed by atoms with Gasteiger partial charge in [0, 0.05) is 24.0 Å². The van der Waals surface area contributed by atoms with Crippen LogP contribution in [0.15, 0.2) is 59.1 Å². The molecule has 2 aromatic carbocycles. The second-order valence-corrected chi connectivity index (χ2v) is 6.74. The molecule has 0 spiro atoms. The Hall–Kier alpha value is -3.34. The number of nitrogens with zero attached hydrogens (tertiary/aromatic N) is 2. The standard InChI is InChI=1S/C22H21N3O2/c1-14-11-20(16(3)25(14)21-12-15(2)27-24-21)22(26)23-13-18-9-6-8-17-7-4-5-10-19(17)18/h4-12H,13H2,1-3H3,(H,23,26). The summed E-state index contributed by atoms with van der Waals surface area (Å²) in [5.74, 6) is 1.33. The maximum absolute atomic E-state index is 12.8. The van der Waals surface area contributed by atoms with E-state index < -0.39 is 0 Å². The van der Waals surface area contributed by atoms with E-state index in [1.54, 1.807) is 0 Å². The van der Waals surface area contributed by atoms with Crippen molar-refractivity contribution in [2.75, 3.05) is 0 Å². The summed E-state index contributed by atoms with van der Waals surface area (Å²) in [6.45, 7) is 6.21. The molecule has 0 saturated carbocycles. The molecule has 0 aliphatic rings. The summed E-state index contributed by atoms with van der Waals surface area (Å²) in [4.78, 5) is 12.8. The number of rotatable bonds is 4. The molecule has 2 aromatic heterocycles. The third-order valence-electron chi connectivity index (χ3n) is 4.84. The number of fused-ring (bicyclic) bond motifs is 1. The van der Waals surface area contributed by atoms with E-state index in [1.165, 1.54) is 5.39 Å². The number of benzene rings is 2. The molecule has 1 amide bonds. The Kier molecular flexibility index (Phi) is 4.28. The summed E-state index contributed by atoms with van der Waals surface area (Å²) in [6.07, 6.45) is 0. The van der Waals surface area contributed by atoms with E-state index in [0.717, 1.165) is 28.1 Å². The van der Waals surface area contributed by atoms with Crippen LogP contribution in [0, 0.1) is 20.8 Å². The minimum atomic E-state index is -0.0949. The van der Waals surface area contributed by atoms with Crippen LogP contribution >= 0.6 is 0 Å². The van der Waals surface area contributed by atoms with Gasteiger partial charge in [-0.3, -0.25) is 9.36 Å². The lowest BCUT2D eigenvalue weighted by Crippen LogP contribution is -2.23. The molecule has 0 fully saturated rings. The highest BCUT2D eigenvalue weighted by Crippen LogP contribution is 2.22. The number of carbonyl (C=O) groups is 1. The van der Waals surface area contributed by atoms with Crippen molar-refractivity contribution in [1.29, 1.82) is 0 Å². The average molecular weight is 359 g/mol. The fourth-order valence-corrected chi connectivity index (χ4v) is 3.52. The third-order valence-corrected chi connectivity index (χ3v) is 4.84. The third kappa shape index (κ3) is 3.12. The molecule has 0 bridgehead atoms. The Bertz CT molecular complexity index is 1130. The highest BCUT2D eigenvalue weighted by atomic mass is 16.5. The normalized spacial score (nSPS) is 11.1. The maximum Gasteiger partial charge on any atom is 0.253 e. The van der Waals surface area contributed by atoms with Gasteiger partial charge < -0.3 is 9.84 Å². The van der Waals surface area contributed by atoms with Crippen LogP contribution in [0.4, 0.5) is 0 Å². The fraction of sp³-hybridized carbons (Fsp3) is 0.182. The maximum atomic E-state index is 12.8. The molecule has 5 nitrogen and oxygen atoms in total. The predicted octanol–water partition coefficient (Wildman–Crippen LogP) is 4.47. The summed E-state index contributed by atoms with van der Waals surface area (Å²) in [6, 6.07) is 18.1. The molecule has 27 heavy (non-hydrogen) atoms. The minimum Gasteiger partial charge on any atom is -0.360 e. The first kappa shape index (κ1) is 17.1. The summed E-state index contributed by atoms with van der Waals surface area (Å²) >= 11 is 0. The number of nitrogens with one attached hydrogen (secondary N) is 1. The van der Waals surface area contributed by atoms with Gasteiger partial charge in [-0.05, 0) is 43.2 Å². The number of aromatic nitrogens is 2. The zero-order valence-electron chi connectivity index (χ0n) is 15.6. The molecule has 1 N–H and O–H groups in total. The van der Waals surface area contributed by atoms with Crippen LogP contribution in [-0.4, -0.2) is 15.6 Å². The van der Waals surface area contributed by atoms with E-state index in [4.69, 9.17) is 4.52 Å². The Morgan fingerprint density at radius 2 is 1.85 bits per heavy atom. The van der Waals surface area contributed by atoms with Gasteiger partial charge in [-0.25, -0.2) is 0 Å². The van der Waals surface area contributed by atoms with Crippen LogP contribution in [0.2, 0.25) is 0 Å². The van der Waals surface area contributed by atoms with Crippen molar-refractivity contribution >= 4 is 16.7 Å². The van der Waals surface area contributed by atoms with E-state index in [1.807, 2.05) is 61.7 Å². The van der Waals surface area contributed by atoms with Gasteiger partial charge in [-0.15, -0.1) is 0 Å². The number of carbonyl (C=O) groups excluding carboxylic acids is 1. The second kappa shape index (κ2) is 6.76. The average Bonchev–Trinajstić information content (AvgIpc) is 3.22. The SMILES string of the molecule is Cc1cc(-n2c(C)cc(C(=O)NCc3cccc4ccccc34)c2C)no1. The molecular weight excluding hydrogens is 338 g/mol. The number of amides is 1. The van der Waals surface area contributed by atoms with Gasteiger partial charge in [-0.1, -0.05) is 47.6 Å². The van der Waals surface area contributed by atoms with Gasteiger partial charge in [0.15, 0.2) is 5.82 Å². The zero-order valence-corrected chi connectivity index (χ0v) is 15.6. The van der Waals surface area contributed by atoms with Crippen molar-refractivity contribution in [3.05, 3.63) is 82.9 Å². The second-order valence-electron chi connectivity index (χ2n) is 6.74. The zero-order chi connectivity index (χ0) is 19.0. The van der Waals surface area contributed by atoms with E-state index in [2.05, 4.69) is 28.7 Å². The largest absolute Gasteiger partial charge is 0.360 e. The van der Waals surface area contributed by atoms with E-state index in [0.29, 0.717) is 17.9 Å². The molecule has 2 heterocycles. The molecule has 0 atom stereocenters. The van der Waals surface area contributed by atoms with Crippen molar-refractivity contribution in [3.8, 4) is 5.82 Å². The number of hydrogen-bond acceptors (Lipinski definition) is 3. The number of aryl methyl sites for hydroxylation is 2. The van der Waals surface area contributed by atoms with Crippen molar-refractivity contribution in [1.82, 2.24) is 15.0 Å². The highest BCUT2D eigenvalue weighted by Gasteiger charge is 2.18. The molecule has 0 aliphatic carbocycles. The van der Waals surface area contributed by atoms with Gasteiger partial charge in [-0.2, -0.15) is 0 Å². The Balaban J connectivity index is 1.59. The first-order chi connectivity index (χ1) is 13.0. The lowest BCUT2D eigenvalue weighted by Gasteiger charge is -2.09. The highest BCUT2D eigenvalue weighted by molar-refractivity contribution is 5.96. The molecule has 4 aromatic rings. The van der Waals surface area contributed by atoms with Crippen molar-refractivity contribution in [2.24, 2.45) is 0 Å². The molecule has 0 aliphatic heterocycles. The lowest BCUT2D eigenvalue weighted by molar-refractivity contribution is 0.0950. The molecular formula is C22H21N3O2. The molecule has 0 saturated heterocycles. The minimum absolute atomic E-state index is 0.0949. The molecule has 5 heteroatoms. The van der Waals surface area contributed by atoms with Gasteiger partial charge in [0.05, 0.1) is 5.56 Å².